The van der Waals surface area contributed by atoms with Crippen molar-refractivity contribution in [3.63, 3.8) is 0 Å². The number of rotatable bonds is 3. The molecule has 0 bridgehead atoms. The Morgan fingerprint density at radius 2 is 2.12 bits per heavy atom. The van der Waals surface area contributed by atoms with E-state index in [1.165, 1.54) is 0 Å². The zero-order valence-electron chi connectivity index (χ0n) is 8.52. The summed E-state index contributed by atoms with van der Waals surface area (Å²) >= 11 is 3.28. The second-order valence-electron chi connectivity index (χ2n) is 3.35. The summed E-state index contributed by atoms with van der Waals surface area (Å²) in [4.78, 5) is 4.16. The van der Waals surface area contributed by atoms with E-state index in [0.717, 1.165) is 11.4 Å². The van der Waals surface area contributed by atoms with Crippen LogP contribution in [0.3, 0.4) is 0 Å². The van der Waals surface area contributed by atoms with E-state index in [0.29, 0.717) is 11.0 Å². The molecule has 16 heavy (non-hydrogen) atoms. The molecule has 0 spiro atoms. The standard InChI is InChI=1S/C12H11BrN2O/c13-10-7-9(4-5-11(10)16)8-15-12-3-1-2-6-14-12/h1-7,16H,8H2,(H,14,15). The summed E-state index contributed by atoms with van der Waals surface area (Å²) in [5, 5.41) is 12.5. The first kappa shape index (κ1) is 11.0. The van der Waals surface area contributed by atoms with Gasteiger partial charge in [-0.1, -0.05) is 12.1 Å². The number of benzene rings is 1. The average Bonchev–Trinajstić information content (AvgIpc) is 2.32. The number of pyridine rings is 1. The summed E-state index contributed by atoms with van der Waals surface area (Å²) in [6.07, 6.45) is 1.75. The van der Waals surface area contributed by atoms with E-state index in [1.807, 2.05) is 30.3 Å². The molecular formula is C12H11BrN2O. The quantitative estimate of drug-likeness (QED) is 0.907. The number of hydrogen-bond donors (Lipinski definition) is 2. The third-order valence-corrected chi connectivity index (χ3v) is 2.79. The fraction of sp³-hybridized carbons (Fsp3) is 0.0833. The predicted octanol–water partition coefficient (Wildman–Crippen LogP) is 3.16. The van der Waals surface area contributed by atoms with Gasteiger partial charge < -0.3 is 10.4 Å². The summed E-state index contributed by atoms with van der Waals surface area (Å²) in [5.74, 6) is 1.09. The lowest BCUT2D eigenvalue weighted by molar-refractivity contribution is 0.471. The van der Waals surface area contributed by atoms with Gasteiger partial charge in [-0.15, -0.1) is 0 Å². The van der Waals surface area contributed by atoms with Crippen LogP contribution in [0, 0.1) is 0 Å². The van der Waals surface area contributed by atoms with Gasteiger partial charge in [0.1, 0.15) is 11.6 Å². The molecule has 2 N–H and O–H groups in total. The zero-order chi connectivity index (χ0) is 11.4. The fourth-order valence-corrected chi connectivity index (χ4v) is 1.75. The average molecular weight is 279 g/mol. The first-order valence-corrected chi connectivity index (χ1v) is 5.67. The van der Waals surface area contributed by atoms with Gasteiger partial charge in [0, 0.05) is 12.7 Å². The maximum absolute atomic E-state index is 9.35. The monoisotopic (exact) mass is 278 g/mol. The van der Waals surface area contributed by atoms with E-state index in [-0.39, 0.29) is 5.75 Å². The van der Waals surface area contributed by atoms with Crippen LogP contribution in [0.4, 0.5) is 5.82 Å². The molecule has 3 nitrogen and oxygen atoms in total. The van der Waals surface area contributed by atoms with Crippen LogP contribution < -0.4 is 5.32 Å². The van der Waals surface area contributed by atoms with E-state index < -0.39 is 0 Å². The van der Waals surface area contributed by atoms with Crippen molar-refractivity contribution in [3.8, 4) is 5.75 Å². The minimum atomic E-state index is 0.251. The van der Waals surface area contributed by atoms with Gasteiger partial charge >= 0.3 is 0 Å². The highest BCUT2D eigenvalue weighted by atomic mass is 79.9. The number of anilines is 1. The van der Waals surface area contributed by atoms with E-state index in [2.05, 4.69) is 26.2 Å². The minimum Gasteiger partial charge on any atom is -0.507 e. The van der Waals surface area contributed by atoms with Crippen LogP contribution in [-0.4, -0.2) is 10.1 Å². The SMILES string of the molecule is Oc1ccc(CNc2ccccn2)cc1Br. The Labute approximate surface area is 102 Å². The molecule has 0 aliphatic carbocycles. The molecule has 82 valence electrons. The van der Waals surface area contributed by atoms with E-state index >= 15 is 0 Å². The third-order valence-electron chi connectivity index (χ3n) is 2.15. The molecule has 1 aromatic carbocycles. The van der Waals surface area contributed by atoms with Gasteiger partial charge in [0.15, 0.2) is 0 Å². The zero-order valence-corrected chi connectivity index (χ0v) is 10.1. The topological polar surface area (TPSA) is 45.1 Å². The smallest absolute Gasteiger partial charge is 0.129 e. The van der Waals surface area contributed by atoms with Crippen molar-refractivity contribution in [2.75, 3.05) is 5.32 Å². The van der Waals surface area contributed by atoms with Crippen molar-refractivity contribution in [2.24, 2.45) is 0 Å². The van der Waals surface area contributed by atoms with Gasteiger partial charge in [-0.25, -0.2) is 4.98 Å². The molecule has 4 heteroatoms. The van der Waals surface area contributed by atoms with E-state index in [9.17, 15) is 5.11 Å². The Morgan fingerprint density at radius 1 is 1.25 bits per heavy atom. The molecule has 0 atom stereocenters. The number of phenols is 1. The molecule has 0 aliphatic rings. The highest BCUT2D eigenvalue weighted by Gasteiger charge is 1.99. The summed E-state index contributed by atoms with van der Waals surface area (Å²) in [5.41, 5.74) is 1.08. The van der Waals surface area contributed by atoms with Crippen LogP contribution in [0.2, 0.25) is 0 Å². The van der Waals surface area contributed by atoms with Crippen LogP contribution in [0.5, 0.6) is 5.75 Å². The van der Waals surface area contributed by atoms with Crippen molar-refractivity contribution in [3.05, 3.63) is 52.6 Å². The van der Waals surface area contributed by atoms with E-state index in [1.54, 1.807) is 12.3 Å². The van der Waals surface area contributed by atoms with Crippen LogP contribution in [-0.2, 0) is 6.54 Å². The molecule has 0 saturated heterocycles. The maximum Gasteiger partial charge on any atom is 0.129 e. The molecule has 0 unspecified atom stereocenters. The molecular weight excluding hydrogens is 268 g/mol. The van der Waals surface area contributed by atoms with Crippen molar-refractivity contribution >= 4 is 21.7 Å². The molecule has 1 heterocycles. The Morgan fingerprint density at radius 3 is 2.81 bits per heavy atom. The summed E-state index contributed by atoms with van der Waals surface area (Å²) < 4.78 is 0.702. The molecule has 0 radical (unpaired) electrons. The van der Waals surface area contributed by atoms with Gasteiger partial charge in [-0.2, -0.15) is 0 Å². The van der Waals surface area contributed by atoms with Crippen molar-refractivity contribution < 1.29 is 5.11 Å². The molecule has 0 saturated carbocycles. The van der Waals surface area contributed by atoms with Crippen molar-refractivity contribution in [1.29, 1.82) is 0 Å². The van der Waals surface area contributed by atoms with Gasteiger partial charge in [0.2, 0.25) is 0 Å². The van der Waals surface area contributed by atoms with Crippen LogP contribution in [0.15, 0.2) is 47.1 Å². The first-order valence-electron chi connectivity index (χ1n) is 4.88. The second-order valence-corrected chi connectivity index (χ2v) is 4.21. The molecule has 2 rings (SSSR count). The number of nitrogens with zero attached hydrogens (tertiary/aromatic N) is 1. The fourth-order valence-electron chi connectivity index (χ4n) is 1.32. The Hall–Kier alpha value is -1.55. The van der Waals surface area contributed by atoms with Gasteiger partial charge in [-0.05, 0) is 45.8 Å². The lowest BCUT2D eigenvalue weighted by Crippen LogP contribution is -2.00. The lowest BCUT2D eigenvalue weighted by Gasteiger charge is -2.06. The number of aromatic hydroxyl groups is 1. The van der Waals surface area contributed by atoms with Crippen LogP contribution in [0.25, 0.3) is 0 Å². The highest BCUT2D eigenvalue weighted by Crippen LogP contribution is 2.24. The third kappa shape index (κ3) is 2.73. The number of nitrogens with one attached hydrogen (secondary N) is 1. The maximum atomic E-state index is 9.35. The van der Waals surface area contributed by atoms with Gasteiger partial charge in [0.05, 0.1) is 4.47 Å². The molecule has 0 fully saturated rings. The lowest BCUT2D eigenvalue weighted by atomic mass is 10.2. The highest BCUT2D eigenvalue weighted by molar-refractivity contribution is 9.10. The van der Waals surface area contributed by atoms with Gasteiger partial charge in [-0.3, -0.25) is 0 Å². The van der Waals surface area contributed by atoms with Crippen LogP contribution >= 0.6 is 15.9 Å². The van der Waals surface area contributed by atoms with Crippen molar-refractivity contribution in [2.45, 2.75) is 6.54 Å². The summed E-state index contributed by atoms with van der Waals surface area (Å²) in [6, 6.07) is 11.1. The largest absolute Gasteiger partial charge is 0.507 e. The number of phenolic OH excluding ortho intramolecular Hbond substituents is 1. The van der Waals surface area contributed by atoms with Crippen LogP contribution in [0.1, 0.15) is 5.56 Å². The second kappa shape index (κ2) is 4.99. The first-order chi connectivity index (χ1) is 7.75. The molecule has 0 amide bonds. The number of halogens is 1. The number of hydrogen-bond acceptors (Lipinski definition) is 3. The van der Waals surface area contributed by atoms with Gasteiger partial charge in [0.25, 0.3) is 0 Å². The Kier molecular flexibility index (Phi) is 3.41. The Balaban J connectivity index is 2.03. The predicted molar refractivity (Wildman–Crippen MR) is 67.4 cm³/mol. The number of aromatic nitrogens is 1. The molecule has 1 aromatic heterocycles. The summed E-state index contributed by atoms with van der Waals surface area (Å²) in [7, 11) is 0. The van der Waals surface area contributed by atoms with E-state index in [4.69, 9.17) is 0 Å². The normalized spacial score (nSPS) is 10.1. The molecule has 2 aromatic rings. The van der Waals surface area contributed by atoms with Crippen molar-refractivity contribution in [1.82, 2.24) is 4.98 Å². The minimum absolute atomic E-state index is 0.251. The Bertz CT molecular complexity index is 474. The summed E-state index contributed by atoms with van der Waals surface area (Å²) in [6.45, 7) is 0.676. The molecule has 0 aliphatic heterocycles.